The van der Waals surface area contributed by atoms with E-state index in [2.05, 4.69) is 26.6 Å². The molecule has 0 bridgehead atoms. The summed E-state index contributed by atoms with van der Waals surface area (Å²) in [6.07, 6.45) is 0.0153. The van der Waals surface area contributed by atoms with Crippen LogP contribution < -0.4 is 15.4 Å². The zero-order chi connectivity index (χ0) is 15.7. The monoisotopic (exact) mass is 394 g/mol. The molecular weight excluding hydrogens is 372 g/mol. The number of carbonyl (C=O) groups is 1. The summed E-state index contributed by atoms with van der Waals surface area (Å²) in [4.78, 5) is 12.2. The number of carbonyl (C=O) groups excluding carboxylic acids is 1. The van der Waals surface area contributed by atoms with Crippen molar-refractivity contribution in [3.63, 3.8) is 0 Å². The van der Waals surface area contributed by atoms with E-state index in [4.69, 9.17) is 9.47 Å². The van der Waals surface area contributed by atoms with Gasteiger partial charge in [-0.25, -0.2) is 0 Å². The van der Waals surface area contributed by atoms with E-state index in [1.165, 1.54) is 0 Å². The molecule has 22 heavy (non-hydrogen) atoms. The standard InChI is InChI=1S/C15H23BrN2O3.ClH/c1-11(2)21-14-10-12(16)4-5-13(14)15(19)18-7-6-17-8-9-20-3;/h4-5,10-11,17H,6-9H2,1-3H3,(H,18,19);1H. The fourth-order valence-electron chi connectivity index (χ4n) is 1.69. The van der Waals surface area contributed by atoms with Gasteiger partial charge in [0.25, 0.3) is 5.91 Å². The molecule has 0 aliphatic heterocycles. The van der Waals surface area contributed by atoms with Crippen molar-refractivity contribution in [3.8, 4) is 5.75 Å². The van der Waals surface area contributed by atoms with Crippen LogP contribution in [-0.2, 0) is 4.74 Å². The van der Waals surface area contributed by atoms with Crippen molar-refractivity contribution in [1.82, 2.24) is 10.6 Å². The number of hydrogen-bond acceptors (Lipinski definition) is 4. The summed E-state index contributed by atoms with van der Waals surface area (Å²) in [7, 11) is 1.66. The summed E-state index contributed by atoms with van der Waals surface area (Å²) in [5.74, 6) is 0.455. The van der Waals surface area contributed by atoms with Crippen LogP contribution in [-0.4, -0.2) is 45.4 Å². The maximum atomic E-state index is 12.2. The Hall–Kier alpha value is -0.820. The Morgan fingerprint density at radius 2 is 2.00 bits per heavy atom. The molecule has 0 fully saturated rings. The van der Waals surface area contributed by atoms with Crippen molar-refractivity contribution >= 4 is 34.2 Å². The number of ether oxygens (including phenoxy) is 2. The van der Waals surface area contributed by atoms with Gasteiger partial charge in [-0.2, -0.15) is 0 Å². The van der Waals surface area contributed by atoms with Gasteiger partial charge in [0.15, 0.2) is 0 Å². The minimum absolute atomic E-state index is 0. The SMILES string of the molecule is COCCNCCNC(=O)c1ccc(Br)cc1OC(C)C.Cl. The predicted octanol–water partition coefficient (Wildman–Crippen LogP) is 2.62. The first-order chi connectivity index (χ1) is 10.0. The Morgan fingerprint density at radius 3 is 2.64 bits per heavy atom. The van der Waals surface area contributed by atoms with Gasteiger partial charge < -0.3 is 20.1 Å². The molecule has 1 aromatic carbocycles. The van der Waals surface area contributed by atoms with Crippen LogP contribution in [0.1, 0.15) is 24.2 Å². The van der Waals surface area contributed by atoms with Gasteiger partial charge in [0.2, 0.25) is 0 Å². The lowest BCUT2D eigenvalue weighted by Crippen LogP contribution is -2.33. The molecule has 0 atom stereocenters. The molecule has 2 N–H and O–H groups in total. The van der Waals surface area contributed by atoms with Crippen LogP contribution in [0.3, 0.4) is 0 Å². The van der Waals surface area contributed by atoms with Gasteiger partial charge >= 0.3 is 0 Å². The zero-order valence-electron chi connectivity index (χ0n) is 13.1. The van der Waals surface area contributed by atoms with Gasteiger partial charge in [-0.3, -0.25) is 4.79 Å². The van der Waals surface area contributed by atoms with Gasteiger partial charge in [0.1, 0.15) is 5.75 Å². The first-order valence-electron chi connectivity index (χ1n) is 6.98. The number of methoxy groups -OCH3 is 1. The normalized spacial score (nSPS) is 10.2. The van der Waals surface area contributed by atoms with Gasteiger partial charge in [0, 0.05) is 31.2 Å². The number of amides is 1. The second-order valence-corrected chi connectivity index (χ2v) is 5.72. The maximum Gasteiger partial charge on any atom is 0.255 e. The third-order valence-electron chi connectivity index (χ3n) is 2.62. The molecule has 1 aromatic rings. The van der Waals surface area contributed by atoms with Gasteiger partial charge in [-0.1, -0.05) is 15.9 Å². The van der Waals surface area contributed by atoms with Crippen LogP contribution in [0.25, 0.3) is 0 Å². The molecule has 7 heteroatoms. The quantitative estimate of drug-likeness (QED) is 0.631. The Labute approximate surface area is 146 Å². The number of nitrogens with one attached hydrogen (secondary N) is 2. The minimum atomic E-state index is -0.133. The second-order valence-electron chi connectivity index (χ2n) is 4.81. The lowest BCUT2D eigenvalue weighted by molar-refractivity contribution is 0.0948. The highest BCUT2D eigenvalue weighted by Crippen LogP contribution is 2.24. The van der Waals surface area contributed by atoms with Gasteiger partial charge in [0.05, 0.1) is 18.3 Å². The highest BCUT2D eigenvalue weighted by atomic mass is 79.9. The van der Waals surface area contributed by atoms with E-state index in [1.54, 1.807) is 13.2 Å². The molecule has 126 valence electrons. The number of halogens is 2. The lowest BCUT2D eigenvalue weighted by Gasteiger charge is -2.14. The molecule has 0 aromatic heterocycles. The Bertz CT molecular complexity index is 458. The number of benzene rings is 1. The molecule has 5 nitrogen and oxygen atoms in total. The topological polar surface area (TPSA) is 59.6 Å². The van der Waals surface area contributed by atoms with Crippen molar-refractivity contribution < 1.29 is 14.3 Å². The molecule has 0 unspecified atom stereocenters. The van der Waals surface area contributed by atoms with E-state index in [9.17, 15) is 4.79 Å². The van der Waals surface area contributed by atoms with Crippen molar-refractivity contribution in [2.24, 2.45) is 0 Å². The van der Waals surface area contributed by atoms with E-state index in [0.717, 1.165) is 11.0 Å². The van der Waals surface area contributed by atoms with Crippen molar-refractivity contribution in [2.45, 2.75) is 20.0 Å². The summed E-state index contributed by atoms with van der Waals surface area (Å²) < 4.78 is 11.5. The van der Waals surface area contributed by atoms with E-state index >= 15 is 0 Å². The van der Waals surface area contributed by atoms with E-state index in [0.29, 0.717) is 31.0 Å². The van der Waals surface area contributed by atoms with E-state index in [1.807, 2.05) is 26.0 Å². The third-order valence-corrected chi connectivity index (χ3v) is 3.11. The van der Waals surface area contributed by atoms with Crippen LogP contribution in [0.15, 0.2) is 22.7 Å². The summed E-state index contributed by atoms with van der Waals surface area (Å²) >= 11 is 3.39. The maximum absolute atomic E-state index is 12.2. The third kappa shape index (κ3) is 7.98. The molecule has 0 saturated heterocycles. The molecule has 0 heterocycles. The van der Waals surface area contributed by atoms with Gasteiger partial charge in [-0.15, -0.1) is 12.4 Å². The second kappa shape index (κ2) is 11.7. The molecule has 0 aliphatic rings. The molecule has 0 spiro atoms. The molecular formula is C15H24BrClN2O3. The summed E-state index contributed by atoms with van der Waals surface area (Å²) in [5.41, 5.74) is 0.545. The average molecular weight is 396 g/mol. The average Bonchev–Trinajstić information content (AvgIpc) is 2.42. The lowest BCUT2D eigenvalue weighted by atomic mass is 10.2. The van der Waals surface area contributed by atoms with Crippen molar-refractivity contribution in [2.75, 3.05) is 33.4 Å². The van der Waals surface area contributed by atoms with Gasteiger partial charge in [-0.05, 0) is 32.0 Å². The van der Waals surface area contributed by atoms with Crippen molar-refractivity contribution in [1.29, 1.82) is 0 Å². The first-order valence-corrected chi connectivity index (χ1v) is 7.78. The van der Waals surface area contributed by atoms with Crippen LogP contribution in [0.5, 0.6) is 5.75 Å². The summed E-state index contributed by atoms with van der Waals surface area (Å²) in [6.45, 7) is 6.55. The Kier molecular flexibility index (Phi) is 11.3. The Morgan fingerprint density at radius 1 is 1.27 bits per heavy atom. The Balaban J connectivity index is 0.00000441. The fourth-order valence-corrected chi connectivity index (χ4v) is 2.03. The largest absolute Gasteiger partial charge is 0.490 e. The van der Waals surface area contributed by atoms with Crippen molar-refractivity contribution in [3.05, 3.63) is 28.2 Å². The smallest absolute Gasteiger partial charge is 0.255 e. The highest BCUT2D eigenvalue weighted by molar-refractivity contribution is 9.10. The van der Waals surface area contributed by atoms with Crippen LogP contribution in [0.4, 0.5) is 0 Å². The van der Waals surface area contributed by atoms with E-state index < -0.39 is 0 Å². The summed E-state index contributed by atoms with van der Waals surface area (Å²) in [5, 5.41) is 6.04. The highest BCUT2D eigenvalue weighted by Gasteiger charge is 2.13. The number of rotatable bonds is 9. The molecule has 0 radical (unpaired) electrons. The zero-order valence-corrected chi connectivity index (χ0v) is 15.6. The predicted molar refractivity (Wildman–Crippen MR) is 94.2 cm³/mol. The molecule has 0 aliphatic carbocycles. The van der Waals surface area contributed by atoms with Crippen LogP contribution in [0, 0.1) is 0 Å². The fraction of sp³-hybridized carbons (Fsp3) is 0.533. The molecule has 0 saturated carbocycles. The van der Waals surface area contributed by atoms with Crippen LogP contribution in [0.2, 0.25) is 0 Å². The first kappa shape index (κ1) is 21.2. The summed E-state index contributed by atoms with van der Waals surface area (Å²) in [6, 6.07) is 5.40. The van der Waals surface area contributed by atoms with E-state index in [-0.39, 0.29) is 24.4 Å². The van der Waals surface area contributed by atoms with Crippen LogP contribution >= 0.6 is 28.3 Å². The number of hydrogen-bond donors (Lipinski definition) is 2. The minimum Gasteiger partial charge on any atom is -0.490 e. The molecule has 1 rings (SSSR count). The molecule has 1 amide bonds.